The van der Waals surface area contributed by atoms with E-state index in [-0.39, 0.29) is 18.1 Å². The second kappa shape index (κ2) is 9.66. The molecular formula is C26H24FN2O3-. The van der Waals surface area contributed by atoms with Crippen LogP contribution in [-0.2, 0) is 19.5 Å². The van der Waals surface area contributed by atoms with E-state index in [1.54, 1.807) is 35.9 Å². The van der Waals surface area contributed by atoms with Crippen LogP contribution in [0.3, 0.4) is 0 Å². The van der Waals surface area contributed by atoms with E-state index < -0.39 is 5.97 Å². The van der Waals surface area contributed by atoms with Gasteiger partial charge in [-0.2, -0.15) is 0 Å². The topological polar surface area (TPSA) is 66.3 Å². The molecule has 164 valence electrons. The third kappa shape index (κ3) is 4.65. The summed E-state index contributed by atoms with van der Waals surface area (Å²) in [6.45, 7) is 1.27. The number of aromatic nitrogens is 1. The molecule has 0 aliphatic heterocycles. The molecule has 0 saturated heterocycles. The van der Waals surface area contributed by atoms with Gasteiger partial charge in [-0.3, -0.25) is 0 Å². The van der Waals surface area contributed by atoms with E-state index in [2.05, 4.69) is 17.4 Å². The standard InChI is InChI=1S/C26H25FN2O3/c1-32-21-10-11-22-23(16-28-13-12-18-6-3-2-4-7-18)25(26(30)31)29(24(22)15-21)17-19-8-5-9-20(27)14-19/h2-11,14-15,28H,12-13,16-17H2,1H3,(H,30,31)/p-1. The Labute approximate surface area is 186 Å². The molecule has 1 N–H and O–H groups in total. The summed E-state index contributed by atoms with van der Waals surface area (Å²) in [7, 11) is 1.56. The van der Waals surface area contributed by atoms with E-state index in [0.717, 1.165) is 11.8 Å². The summed E-state index contributed by atoms with van der Waals surface area (Å²) in [4.78, 5) is 12.2. The predicted molar refractivity (Wildman–Crippen MR) is 120 cm³/mol. The number of hydrogen-bond donors (Lipinski definition) is 1. The number of hydrogen-bond acceptors (Lipinski definition) is 4. The van der Waals surface area contributed by atoms with Crippen LogP contribution < -0.4 is 15.2 Å². The van der Waals surface area contributed by atoms with Gasteiger partial charge >= 0.3 is 0 Å². The van der Waals surface area contributed by atoms with Crippen LogP contribution in [-0.4, -0.2) is 24.2 Å². The van der Waals surface area contributed by atoms with Crippen LogP contribution in [0.2, 0.25) is 0 Å². The Morgan fingerprint density at radius 1 is 1.03 bits per heavy atom. The maximum absolute atomic E-state index is 13.7. The number of ether oxygens (including phenoxy) is 1. The van der Waals surface area contributed by atoms with Crippen molar-refractivity contribution < 1.29 is 19.0 Å². The zero-order valence-electron chi connectivity index (χ0n) is 17.8. The highest BCUT2D eigenvalue weighted by Gasteiger charge is 2.19. The number of carboxylic acid groups (broad SMARTS) is 1. The predicted octanol–water partition coefficient (Wildman–Crippen LogP) is 3.53. The SMILES string of the molecule is COc1ccc2c(CNCCc3ccccc3)c(C(=O)[O-])n(Cc3cccc(F)c3)c2c1. The summed E-state index contributed by atoms with van der Waals surface area (Å²) in [5.74, 6) is -1.02. The van der Waals surface area contributed by atoms with Gasteiger partial charge in [0.05, 0.1) is 24.3 Å². The number of methoxy groups -OCH3 is 1. The lowest BCUT2D eigenvalue weighted by Gasteiger charge is -2.14. The summed E-state index contributed by atoms with van der Waals surface area (Å²) in [6.07, 6.45) is 0.831. The third-order valence-electron chi connectivity index (χ3n) is 5.53. The molecule has 0 unspecified atom stereocenters. The Balaban J connectivity index is 1.69. The normalized spacial score (nSPS) is 11.1. The molecule has 1 aromatic heterocycles. The Morgan fingerprint density at radius 2 is 1.81 bits per heavy atom. The molecule has 1 heterocycles. The minimum absolute atomic E-state index is 0.0877. The monoisotopic (exact) mass is 431 g/mol. The summed E-state index contributed by atoms with van der Waals surface area (Å²) in [6, 6.07) is 21.7. The van der Waals surface area contributed by atoms with Crippen molar-refractivity contribution in [1.82, 2.24) is 9.88 Å². The zero-order valence-corrected chi connectivity index (χ0v) is 17.8. The average Bonchev–Trinajstić information content (AvgIpc) is 3.10. The Hall–Kier alpha value is -3.64. The molecule has 6 heteroatoms. The Bertz CT molecular complexity index is 1230. The zero-order chi connectivity index (χ0) is 22.5. The van der Waals surface area contributed by atoms with Gasteiger partial charge in [0.15, 0.2) is 0 Å². The molecule has 0 bridgehead atoms. The van der Waals surface area contributed by atoms with Gasteiger partial charge in [-0.15, -0.1) is 0 Å². The first-order valence-corrected chi connectivity index (χ1v) is 10.5. The van der Waals surface area contributed by atoms with Crippen molar-refractivity contribution in [2.24, 2.45) is 0 Å². The highest BCUT2D eigenvalue weighted by atomic mass is 19.1. The van der Waals surface area contributed by atoms with Crippen LogP contribution in [0.1, 0.15) is 27.2 Å². The molecule has 3 aromatic carbocycles. The quantitative estimate of drug-likeness (QED) is 0.412. The first kappa shape index (κ1) is 21.6. The highest BCUT2D eigenvalue weighted by molar-refractivity contribution is 5.98. The number of fused-ring (bicyclic) bond motifs is 1. The van der Waals surface area contributed by atoms with Gasteiger partial charge in [0.2, 0.25) is 0 Å². The number of nitrogens with zero attached hydrogens (tertiary/aromatic N) is 1. The lowest BCUT2D eigenvalue weighted by atomic mass is 10.1. The number of nitrogens with one attached hydrogen (secondary N) is 1. The van der Waals surface area contributed by atoms with Crippen molar-refractivity contribution in [2.75, 3.05) is 13.7 Å². The van der Waals surface area contributed by atoms with Crippen molar-refractivity contribution in [3.63, 3.8) is 0 Å². The van der Waals surface area contributed by atoms with Crippen LogP contribution in [0.4, 0.5) is 4.39 Å². The Morgan fingerprint density at radius 3 is 2.53 bits per heavy atom. The minimum Gasteiger partial charge on any atom is -0.543 e. The van der Waals surface area contributed by atoms with Crippen LogP contribution in [0.15, 0.2) is 72.8 Å². The molecule has 0 atom stereocenters. The number of carboxylic acids is 1. The molecule has 0 radical (unpaired) electrons. The number of carbonyl (C=O) groups excluding carboxylic acids is 1. The number of benzene rings is 3. The minimum atomic E-state index is -1.27. The van der Waals surface area contributed by atoms with Crippen molar-refractivity contribution in [3.8, 4) is 5.75 Å². The van der Waals surface area contributed by atoms with Crippen LogP contribution in [0.5, 0.6) is 5.75 Å². The summed E-state index contributed by atoms with van der Waals surface area (Å²) < 4.78 is 20.8. The van der Waals surface area contributed by atoms with Crippen LogP contribution >= 0.6 is 0 Å². The fraction of sp³-hybridized carbons (Fsp3) is 0.192. The molecule has 32 heavy (non-hydrogen) atoms. The number of rotatable bonds is 9. The van der Waals surface area contributed by atoms with E-state index in [9.17, 15) is 14.3 Å². The molecule has 0 amide bonds. The van der Waals surface area contributed by atoms with Gasteiger partial charge in [-0.25, -0.2) is 4.39 Å². The van der Waals surface area contributed by atoms with Crippen LogP contribution in [0, 0.1) is 5.82 Å². The lowest BCUT2D eigenvalue weighted by molar-refractivity contribution is -0.255. The first-order chi connectivity index (χ1) is 15.6. The second-order valence-electron chi connectivity index (χ2n) is 7.63. The van der Waals surface area contributed by atoms with Crippen molar-refractivity contribution in [1.29, 1.82) is 0 Å². The van der Waals surface area contributed by atoms with Crippen LogP contribution in [0.25, 0.3) is 10.9 Å². The van der Waals surface area contributed by atoms with E-state index >= 15 is 0 Å². The fourth-order valence-corrected chi connectivity index (χ4v) is 4.01. The fourth-order valence-electron chi connectivity index (χ4n) is 4.01. The van der Waals surface area contributed by atoms with Crippen molar-refractivity contribution in [3.05, 3.63) is 101 Å². The third-order valence-corrected chi connectivity index (χ3v) is 5.53. The molecule has 0 aliphatic carbocycles. The van der Waals surface area contributed by atoms with E-state index in [0.29, 0.717) is 35.5 Å². The first-order valence-electron chi connectivity index (χ1n) is 10.5. The molecular weight excluding hydrogens is 407 g/mol. The van der Waals surface area contributed by atoms with Crippen molar-refractivity contribution >= 4 is 16.9 Å². The molecule has 4 aromatic rings. The molecule has 4 rings (SSSR count). The van der Waals surface area contributed by atoms with E-state index in [1.807, 2.05) is 24.3 Å². The van der Waals surface area contributed by atoms with Gasteiger partial charge in [-0.05, 0) is 48.4 Å². The van der Waals surface area contributed by atoms with E-state index in [1.165, 1.54) is 17.7 Å². The number of aromatic carboxylic acids is 1. The maximum atomic E-state index is 13.7. The summed E-state index contributed by atoms with van der Waals surface area (Å²) in [5, 5.41) is 16.4. The van der Waals surface area contributed by atoms with Gasteiger partial charge in [0.25, 0.3) is 0 Å². The van der Waals surface area contributed by atoms with Gasteiger partial charge in [0.1, 0.15) is 11.6 Å². The highest BCUT2D eigenvalue weighted by Crippen LogP contribution is 2.30. The average molecular weight is 431 g/mol. The second-order valence-corrected chi connectivity index (χ2v) is 7.63. The summed E-state index contributed by atoms with van der Waals surface area (Å²) >= 11 is 0. The number of carbonyl (C=O) groups is 1. The maximum Gasteiger partial charge on any atom is 0.123 e. The smallest absolute Gasteiger partial charge is 0.123 e. The Kier molecular flexibility index (Phi) is 6.52. The number of halogens is 1. The van der Waals surface area contributed by atoms with Gasteiger partial charge in [0, 0.05) is 30.1 Å². The molecule has 5 nitrogen and oxygen atoms in total. The molecule has 0 spiro atoms. The molecule has 0 aliphatic rings. The lowest BCUT2D eigenvalue weighted by Crippen LogP contribution is -2.28. The summed E-state index contributed by atoms with van der Waals surface area (Å²) in [5.41, 5.74) is 3.30. The van der Waals surface area contributed by atoms with E-state index in [4.69, 9.17) is 4.74 Å². The van der Waals surface area contributed by atoms with Gasteiger partial charge < -0.3 is 24.5 Å². The van der Waals surface area contributed by atoms with Gasteiger partial charge in [-0.1, -0.05) is 42.5 Å². The molecule has 0 fully saturated rings. The van der Waals surface area contributed by atoms with Crippen molar-refractivity contribution in [2.45, 2.75) is 19.5 Å². The largest absolute Gasteiger partial charge is 0.543 e. The molecule has 0 saturated carbocycles.